The monoisotopic (exact) mass is 381 g/mol. The van der Waals surface area contributed by atoms with Crippen molar-refractivity contribution in [3.05, 3.63) is 71.5 Å². The summed E-state index contributed by atoms with van der Waals surface area (Å²) in [5.41, 5.74) is 2.65. The molecule has 3 rings (SSSR count). The number of carbonyl (C=O) groups excluding carboxylic acids is 2. The molecule has 5 nitrogen and oxygen atoms in total. The Kier molecular flexibility index (Phi) is 6.47. The van der Waals surface area contributed by atoms with Gasteiger partial charge in [-0.15, -0.1) is 5.06 Å². The lowest BCUT2D eigenvalue weighted by atomic mass is 9.72. The Morgan fingerprint density at radius 2 is 1.89 bits per heavy atom. The maximum Gasteiger partial charge on any atom is 0.332 e. The number of hydroxylamine groups is 2. The van der Waals surface area contributed by atoms with E-state index in [1.807, 2.05) is 69.3 Å². The van der Waals surface area contributed by atoms with Crippen molar-refractivity contribution < 1.29 is 19.2 Å². The minimum Gasteiger partial charge on any atom is -0.434 e. The molecule has 5 heteroatoms. The molecule has 0 saturated heterocycles. The molecule has 1 aromatic rings. The molecule has 0 saturated carbocycles. The van der Waals surface area contributed by atoms with Crippen LogP contribution in [0.3, 0.4) is 0 Å². The average molecular weight is 381 g/mol. The van der Waals surface area contributed by atoms with Crippen molar-refractivity contribution in [2.24, 2.45) is 11.8 Å². The zero-order valence-corrected chi connectivity index (χ0v) is 16.6. The molecule has 0 radical (unpaired) electrons. The predicted octanol–water partition coefficient (Wildman–Crippen LogP) is 4.15. The van der Waals surface area contributed by atoms with Gasteiger partial charge in [-0.25, -0.2) is 4.79 Å². The number of benzene rings is 1. The lowest BCUT2D eigenvalue weighted by Crippen LogP contribution is -2.34. The molecule has 0 aromatic heterocycles. The zero-order valence-electron chi connectivity index (χ0n) is 16.6. The summed E-state index contributed by atoms with van der Waals surface area (Å²) in [6.07, 6.45) is 7.99. The molecule has 0 amide bonds. The number of rotatable bonds is 7. The molecule has 0 N–H and O–H groups in total. The van der Waals surface area contributed by atoms with Crippen LogP contribution in [0.1, 0.15) is 38.7 Å². The normalized spacial score (nSPS) is 22.1. The van der Waals surface area contributed by atoms with Gasteiger partial charge in [0.2, 0.25) is 0 Å². The van der Waals surface area contributed by atoms with E-state index < -0.39 is 11.8 Å². The second-order valence-electron chi connectivity index (χ2n) is 6.92. The number of carbonyl (C=O) groups is 2. The molecule has 0 bridgehead atoms. The van der Waals surface area contributed by atoms with Crippen LogP contribution in [0.15, 0.2) is 66.0 Å². The molecule has 148 valence electrons. The van der Waals surface area contributed by atoms with Crippen molar-refractivity contribution in [1.29, 1.82) is 0 Å². The zero-order chi connectivity index (χ0) is 20.1. The van der Waals surface area contributed by atoms with Crippen molar-refractivity contribution in [1.82, 2.24) is 5.06 Å². The number of allylic oxidation sites excluding steroid dienone is 4. The Balaban J connectivity index is 1.89. The molecule has 1 aliphatic carbocycles. The van der Waals surface area contributed by atoms with Crippen LogP contribution in [0.5, 0.6) is 0 Å². The fourth-order valence-corrected chi connectivity index (χ4v) is 3.83. The summed E-state index contributed by atoms with van der Waals surface area (Å²) in [6, 6.07) is 9.63. The van der Waals surface area contributed by atoms with Crippen LogP contribution in [0, 0.1) is 11.8 Å². The number of hydrogen-bond donors (Lipinski definition) is 0. The van der Waals surface area contributed by atoms with Crippen molar-refractivity contribution in [3.8, 4) is 0 Å². The average Bonchev–Trinajstić information content (AvgIpc) is 2.73. The summed E-state index contributed by atoms with van der Waals surface area (Å²) in [5.74, 6) is -1.53. The lowest BCUT2D eigenvalue weighted by Gasteiger charge is -2.34. The predicted molar refractivity (Wildman–Crippen MR) is 107 cm³/mol. The van der Waals surface area contributed by atoms with Crippen LogP contribution in [-0.4, -0.2) is 30.1 Å². The summed E-state index contributed by atoms with van der Waals surface area (Å²) in [4.78, 5) is 30.9. The topological polar surface area (TPSA) is 55.8 Å². The number of fused-ring (bicyclic) bond motifs is 1. The maximum atomic E-state index is 12.8. The van der Waals surface area contributed by atoms with E-state index in [1.54, 1.807) is 5.06 Å². The molecule has 3 atom stereocenters. The summed E-state index contributed by atoms with van der Waals surface area (Å²) in [6.45, 7) is 7.13. The molecule has 1 heterocycles. The van der Waals surface area contributed by atoms with Crippen molar-refractivity contribution in [3.63, 3.8) is 0 Å². The highest BCUT2D eigenvalue weighted by Gasteiger charge is 2.40. The van der Waals surface area contributed by atoms with E-state index in [2.05, 4.69) is 0 Å². The van der Waals surface area contributed by atoms with E-state index in [4.69, 9.17) is 9.57 Å². The summed E-state index contributed by atoms with van der Waals surface area (Å²) < 4.78 is 5.40. The third kappa shape index (κ3) is 3.94. The van der Waals surface area contributed by atoms with E-state index in [0.29, 0.717) is 19.5 Å². The van der Waals surface area contributed by atoms with Crippen LogP contribution in [0.25, 0.3) is 0 Å². The van der Waals surface area contributed by atoms with E-state index in [-0.39, 0.29) is 17.9 Å². The summed E-state index contributed by atoms with van der Waals surface area (Å²) >= 11 is 0. The van der Waals surface area contributed by atoms with Gasteiger partial charge in [0.25, 0.3) is 0 Å². The Bertz CT molecular complexity index is 805. The second-order valence-corrected chi connectivity index (χ2v) is 6.92. The van der Waals surface area contributed by atoms with Gasteiger partial charge in [-0.3, -0.25) is 4.79 Å². The number of cyclic esters (lactones) is 1. The molecule has 0 fully saturated rings. The number of esters is 1. The molecule has 0 spiro atoms. The van der Waals surface area contributed by atoms with Gasteiger partial charge in [0.1, 0.15) is 0 Å². The molecule has 1 aliphatic heterocycles. The van der Waals surface area contributed by atoms with E-state index in [9.17, 15) is 9.59 Å². The lowest BCUT2D eigenvalue weighted by molar-refractivity contribution is -0.192. The molecule has 2 aliphatic rings. The van der Waals surface area contributed by atoms with Gasteiger partial charge in [0.15, 0.2) is 0 Å². The van der Waals surface area contributed by atoms with E-state index in [0.717, 1.165) is 16.7 Å². The number of ether oxygens (including phenoxy) is 1. The van der Waals surface area contributed by atoms with Crippen LogP contribution in [0.2, 0.25) is 0 Å². The largest absolute Gasteiger partial charge is 0.434 e. The number of hydrogen-bond acceptors (Lipinski definition) is 5. The standard InChI is InChI=1S/C23H27NO4/c1-4-17(22(25)28-24(5-2)6-3)18-13-10-14-19-20(18)15-27-23(26)21(19)16-11-8-7-9-12-16/h7-15,17,19,21H,4-6H2,1-3H3. The highest BCUT2D eigenvalue weighted by Crippen LogP contribution is 2.43. The Morgan fingerprint density at radius 3 is 2.54 bits per heavy atom. The number of nitrogens with zero attached hydrogens (tertiary/aromatic N) is 1. The molecule has 1 aromatic carbocycles. The van der Waals surface area contributed by atoms with Crippen molar-refractivity contribution in [2.45, 2.75) is 33.1 Å². The van der Waals surface area contributed by atoms with Crippen LogP contribution >= 0.6 is 0 Å². The van der Waals surface area contributed by atoms with Crippen molar-refractivity contribution in [2.75, 3.05) is 13.1 Å². The minimum atomic E-state index is -0.419. The van der Waals surface area contributed by atoms with Crippen LogP contribution in [-0.2, 0) is 19.2 Å². The first-order chi connectivity index (χ1) is 13.6. The van der Waals surface area contributed by atoms with Gasteiger partial charge in [-0.05, 0) is 37.0 Å². The quantitative estimate of drug-likeness (QED) is 0.525. The Labute approximate surface area is 166 Å². The third-order valence-electron chi connectivity index (χ3n) is 5.35. The fourth-order valence-electron chi connectivity index (χ4n) is 3.83. The summed E-state index contributed by atoms with van der Waals surface area (Å²) in [5, 5.41) is 1.64. The SMILES string of the molecule is CCC(C(=O)ON(CC)CC)C1=CC=CC2C1=COC(=O)C2c1ccccc1. The summed E-state index contributed by atoms with van der Waals surface area (Å²) in [7, 11) is 0. The van der Waals surface area contributed by atoms with Crippen LogP contribution < -0.4 is 0 Å². The third-order valence-corrected chi connectivity index (χ3v) is 5.35. The highest BCUT2D eigenvalue weighted by atomic mass is 16.7. The first-order valence-corrected chi connectivity index (χ1v) is 9.91. The first kappa shape index (κ1) is 20.1. The van der Waals surface area contributed by atoms with Gasteiger partial charge in [-0.2, -0.15) is 0 Å². The highest BCUT2D eigenvalue weighted by molar-refractivity contribution is 5.84. The minimum absolute atomic E-state index is 0.154. The van der Waals surface area contributed by atoms with Gasteiger partial charge < -0.3 is 9.57 Å². The van der Waals surface area contributed by atoms with E-state index >= 15 is 0 Å². The molecular weight excluding hydrogens is 354 g/mol. The van der Waals surface area contributed by atoms with E-state index in [1.165, 1.54) is 6.26 Å². The maximum absolute atomic E-state index is 12.8. The second kappa shape index (κ2) is 9.02. The van der Waals surface area contributed by atoms with Gasteiger partial charge >= 0.3 is 11.9 Å². The van der Waals surface area contributed by atoms with Gasteiger partial charge in [-0.1, -0.05) is 55.5 Å². The molecule has 28 heavy (non-hydrogen) atoms. The van der Waals surface area contributed by atoms with Crippen LogP contribution in [0.4, 0.5) is 0 Å². The fraction of sp³-hybridized carbons (Fsp3) is 0.391. The Hall–Kier alpha value is -2.66. The van der Waals surface area contributed by atoms with Gasteiger partial charge in [0, 0.05) is 19.0 Å². The van der Waals surface area contributed by atoms with Gasteiger partial charge in [0.05, 0.1) is 18.1 Å². The Morgan fingerprint density at radius 1 is 1.18 bits per heavy atom. The smallest absolute Gasteiger partial charge is 0.332 e. The molecule has 3 unspecified atom stereocenters. The first-order valence-electron chi connectivity index (χ1n) is 9.91. The van der Waals surface area contributed by atoms with Crippen molar-refractivity contribution >= 4 is 11.9 Å². The molecular formula is C23H27NO4.